The number of aromatic carboxylic acids is 1. The lowest BCUT2D eigenvalue weighted by Crippen LogP contribution is -2.39. The van der Waals surface area contributed by atoms with E-state index in [0.717, 1.165) is 30.6 Å². The van der Waals surface area contributed by atoms with Gasteiger partial charge in [-0.25, -0.2) is 4.79 Å². The fourth-order valence-corrected chi connectivity index (χ4v) is 3.86. The molecule has 0 bridgehead atoms. The van der Waals surface area contributed by atoms with E-state index in [-0.39, 0.29) is 5.91 Å². The third kappa shape index (κ3) is 4.08. The molecule has 0 spiro atoms. The summed E-state index contributed by atoms with van der Waals surface area (Å²) in [6.45, 7) is 3.15. The van der Waals surface area contributed by atoms with E-state index in [0.29, 0.717) is 41.7 Å². The standard InChI is InChI=1S/C22H23N3O4/c1-14-6-7-20(29-14)18-13-19(24-23-18)21(26)25-10-8-15(9-11-25)12-16-4-2-3-5-17(16)22(27)28/h2-7,13,15H,8-12H2,1H3,(H,23,24)(H,27,28). The fourth-order valence-electron chi connectivity index (χ4n) is 3.86. The van der Waals surface area contributed by atoms with Gasteiger partial charge >= 0.3 is 5.97 Å². The van der Waals surface area contributed by atoms with Gasteiger partial charge in [-0.05, 0) is 55.9 Å². The first-order chi connectivity index (χ1) is 14.0. The van der Waals surface area contributed by atoms with Crippen LogP contribution in [0.5, 0.6) is 0 Å². The summed E-state index contributed by atoms with van der Waals surface area (Å²) in [5, 5.41) is 16.4. The van der Waals surface area contributed by atoms with Crippen LogP contribution >= 0.6 is 0 Å². The molecule has 1 saturated heterocycles. The summed E-state index contributed by atoms with van der Waals surface area (Å²) in [5.74, 6) is 0.828. The summed E-state index contributed by atoms with van der Waals surface area (Å²) in [6.07, 6.45) is 2.40. The number of nitrogens with zero attached hydrogens (tertiary/aromatic N) is 2. The molecule has 7 nitrogen and oxygen atoms in total. The highest BCUT2D eigenvalue weighted by Gasteiger charge is 2.26. The number of H-pyrrole nitrogens is 1. The Labute approximate surface area is 168 Å². The molecular weight excluding hydrogens is 370 g/mol. The molecule has 0 radical (unpaired) electrons. The van der Waals surface area contributed by atoms with Gasteiger partial charge in [-0.2, -0.15) is 5.10 Å². The lowest BCUT2D eigenvalue weighted by molar-refractivity contribution is 0.0684. The topological polar surface area (TPSA) is 99.4 Å². The Morgan fingerprint density at radius 3 is 2.66 bits per heavy atom. The Kier molecular flexibility index (Phi) is 5.20. The zero-order valence-corrected chi connectivity index (χ0v) is 16.2. The highest BCUT2D eigenvalue weighted by atomic mass is 16.4. The van der Waals surface area contributed by atoms with Crippen molar-refractivity contribution in [2.45, 2.75) is 26.2 Å². The van der Waals surface area contributed by atoms with E-state index < -0.39 is 5.97 Å². The van der Waals surface area contributed by atoms with Crippen molar-refractivity contribution in [1.82, 2.24) is 15.1 Å². The first kappa shape index (κ1) is 19.0. The molecular formula is C22H23N3O4. The van der Waals surface area contributed by atoms with Crippen LogP contribution in [0, 0.1) is 12.8 Å². The summed E-state index contributed by atoms with van der Waals surface area (Å²) < 4.78 is 5.57. The van der Waals surface area contributed by atoms with E-state index in [1.807, 2.05) is 36.1 Å². The van der Waals surface area contributed by atoms with Gasteiger partial charge in [-0.15, -0.1) is 0 Å². The zero-order valence-electron chi connectivity index (χ0n) is 16.2. The maximum atomic E-state index is 12.8. The van der Waals surface area contributed by atoms with Crippen molar-refractivity contribution in [3.63, 3.8) is 0 Å². The number of hydrogen-bond donors (Lipinski definition) is 2. The van der Waals surface area contributed by atoms with Gasteiger partial charge in [-0.3, -0.25) is 9.89 Å². The van der Waals surface area contributed by atoms with Gasteiger partial charge in [0.15, 0.2) is 11.5 Å². The van der Waals surface area contributed by atoms with E-state index in [1.54, 1.807) is 18.2 Å². The van der Waals surface area contributed by atoms with Crippen molar-refractivity contribution >= 4 is 11.9 Å². The number of carboxylic acid groups (broad SMARTS) is 1. The maximum absolute atomic E-state index is 12.8. The van der Waals surface area contributed by atoms with Crippen LogP contribution in [-0.4, -0.2) is 45.2 Å². The van der Waals surface area contributed by atoms with Crippen LogP contribution in [0.3, 0.4) is 0 Å². The van der Waals surface area contributed by atoms with Gasteiger partial charge in [0.2, 0.25) is 0 Å². The summed E-state index contributed by atoms with van der Waals surface area (Å²) in [4.78, 5) is 26.0. The molecule has 2 N–H and O–H groups in total. The number of aromatic nitrogens is 2. The van der Waals surface area contributed by atoms with Crippen LogP contribution in [-0.2, 0) is 6.42 Å². The number of carbonyl (C=O) groups is 2. The van der Waals surface area contributed by atoms with Gasteiger partial charge in [-0.1, -0.05) is 18.2 Å². The molecule has 4 rings (SSSR count). The van der Waals surface area contributed by atoms with Crippen LogP contribution in [0.1, 0.15) is 45.0 Å². The van der Waals surface area contributed by atoms with E-state index in [4.69, 9.17) is 4.42 Å². The number of carbonyl (C=O) groups excluding carboxylic acids is 1. The molecule has 1 aromatic carbocycles. The number of amides is 1. The van der Waals surface area contributed by atoms with Crippen LogP contribution in [0.2, 0.25) is 0 Å². The van der Waals surface area contributed by atoms with Gasteiger partial charge in [0.25, 0.3) is 5.91 Å². The van der Waals surface area contributed by atoms with Gasteiger partial charge in [0.05, 0.1) is 5.56 Å². The summed E-state index contributed by atoms with van der Waals surface area (Å²) in [7, 11) is 0. The lowest BCUT2D eigenvalue weighted by Gasteiger charge is -2.31. The second-order valence-corrected chi connectivity index (χ2v) is 7.48. The van der Waals surface area contributed by atoms with Crippen molar-refractivity contribution in [2.24, 2.45) is 5.92 Å². The molecule has 0 atom stereocenters. The van der Waals surface area contributed by atoms with Crippen molar-refractivity contribution in [2.75, 3.05) is 13.1 Å². The smallest absolute Gasteiger partial charge is 0.335 e. The maximum Gasteiger partial charge on any atom is 0.335 e. The number of hydrogen-bond acceptors (Lipinski definition) is 4. The normalized spacial score (nSPS) is 14.9. The van der Waals surface area contributed by atoms with E-state index in [9.17, 15) is 14.7 Å². The number of likely N-dealkylation sites (tertiary alicyclic amines) is 1. The molecule has 1 aliphatic heterocycles. The number of furan rings is 1. The molecule has 1 aliphatic rings. The quantitative estimate of drug-likeness (QED) is 0.687. The Bertz CT molecular complexity index is 1030. The average Bonchev–Trinajstić information content (AvgIpc) is 3.37. The van der Waals surface area contributed by atoms with Crippen LogP contribution in [0.25, 0.3) is 11.5 Å². The van der Waals surface area contributed by atoms with Crippen molar-refractivity contribution in [3.8, 4) is 11.5 Å². The molecule has 3 aromatic rings. The second kappa shape index (κ2) is 7.95. The van der Waals surface area contributed by atoms with E-state index in [1.165, 1.54) is 0 Å². The number of aryl methyl sites for hydroxylation is 1. The molecule has 3 heterocycles. The van der Waals surface area contributed by atoms with E-state index in [2.05, 4.69) is 10.2 Å². The summed E-state index contributed by atoms with van der Waals surface area (Å²) in [6, 6.07) is 12.6. The fraction of sp³-hybridized carbons (Fsp3) is 0.318. The number of rotatable bonds is 5. The number of piperidine rings is 1. The Morgan fingerprint density at radius 1 is 1.21 bits per heavy atom. The SMILES string of the molecule is Cc1ccc(-c2cc(C(=O)N3CCC(Cc4ccccc4C(=O)O)CC3)n[nH]2)o1. The highest BCUT2D eigenvalue weighted by molar-refractivity contribution is 5.93. The number of aromatic amines is 1. The number of carboxylic acids is 1. The van der Waals surface area contributed by atoms with E-state index >= 15 is 0 Å². The lowest BCUT2D eigenvalue weighted by atomic mass is 9.88. The number of nitrogens with one attached hydrogen (secondary N) is 1. The third-order valence-electron chi connectivity index (χ3n) is 5.46. The molecule has 0 saturated carbocycles. The predicted octanol–water partition coefficient (Wildman–Crippen LogP) is 3.77. The molecule has 1 fully saturated rings. The van der Waals surface area contributed by atoms with Gasteiger partial charge in [0.1, 0.15) is 11.5 Å². The molecule has 150 valence electrons. The van der Waals surface area contributed by atoms with Crippen LogP contribution < -0.4 is 0 Å². The summed E-state index contributed by atoms with van der Waals surface area (Å²) in [5.41, 5.74) is 2.28. The van der Waals surface area contributed by atoms with Crippen molar-refractivity contribution in [3.05, 3.63) is 65.0 Å². The van der Waals surface area contributed by atoms with Gasteiger partial charge in [0, 0.05) is 19.2 Å². The first-order valence-electron chi connectivity index (χ1n) is 9.74. The average molecular weight is 393 g/mol. The minimum absolute atomic E-state index is 0.0971. The van der Waals surface area contributed by atoms with Crippen molar-refractivity contribution in [1.29, 1.82) is 0 Å². The first-order valence-corrected chi connectivity index (χ1v) is 9.74. The Balaban J connectivity index is 1.37. The molecule has 0 unspecified atom stereocenters. The zero-order chi connectivity index (χ0) is 20.4. The molecule has 29 heavy (non-hydrogen) atoms. The molecule has 2 aromatic heterocycles. The highest BCUT2D eigenvalue weighted by Crippen LogP contribution is 2.25. The minimum atomic E-state index is -0.894. The number of benzene rings is 1. The minimum Gasteiger partial charge on any atom is -0.478 e. The molecule has 7 heteroatoms. The molecule has 0 aliphatic carbocycles. The Hall–Kier alpha value is -3.35. The van der Waals surface area contributed by atoms with Gasteiger partial charge < -0.3 is 14.4 Å². The third-order valence-corrected chi connectivity index (χ3v) is 5.46. The largest absolute Gasteiger partial charge is 0.478 e. The molecule has 1 amide bonds. The van der Waals surface area contributed by atoms with Crippen LogP contribution in [0.15, 0.2) is 46.9 Å². The summed E-state index contributed by atoms with van der Waals surface area (Å²) >= 11 is 0. The Morgan fingerprint density at radius 2 is 1.97 bits per heavy atom. The predicted molar refractivity (Wildman–Crippen MR) is 107 cm³/mol. The second-order valence-electron chi connectivity index (χ2n) is 7.48. The van der Waals surface area contributed by atoms with Crippen LogP contribution in [0.4, 0.5) is 0 Å². The van der Waals surface area contributed by atoms with Crippen molar-refractivity contribution < 1.29 is 19.1 Å². The monoisotopic (exact) mass is 393 g/mol.